The highest BCUT2D eigenvalue weighted by Gasteiger charge is 2.16. The molecule has 0 bridgehead atoms. The van der Waals surface area contributed by atoms with Gasteiger partial charge in [0.15, 0.2) is 0 Å². The minimum Gasteiger partial charge on any atom is -0.372 e. The molecule has 1 unspecified atom stereocenters. The predicted octanol–water partition coefficient (Wildman–Crippen LogP) is 3.57. The molecule has 2 N–H and O–H groups in total. The minimum absolute atomic E-state index is 0.0638. The van der Waals surface area contributed by atoms with Gasteiger partial charge in [-0.2, -0.15) is 0 Å². The Morgan fingerprint density at radius 3 is 2.50 bits per heavy atom. The Hall–Kier alpha value is -0.810. The molecule has 18 heavy (non-hydrogen) atoms. The Bertz CT molecular complexity index is 431. The molecule has 1 aromatic rings. The fourth-order valence-electron chi connectivity index (χ4n) is 1.37. The summed E-state index contributed by atoms with van der Waals surface area (Å²) >= 11 is 9.13. The molecule has 0 aliphatic carbocycles. The third kappa shape index (κ3) is 4.14. The number of hydrogen-bond donors (Lipinski definition) is 2. The van der Waals surface area contributed by atoms with Crippen LogP contribution in [0.25, 0.3) is 0 Å². The van der Waals surface area contributed by atoms with E-state index in [1.54, 1.807) is 6.92 Å². The molecule has 0 saturated heterocycles. The Labute approximate surface area is 119 Å². The van der Waals surface area contributed by atoms with Crippen molar-refractivity contribution in [3.63, 3.8) is 0 Å². The summed E-state index contributed by atoms with van der Waals surface area (Å²) < 4.78 is 13.5. The molecule has 0 heterocycles. The van der Waals surface area contributed by atoms with Crippen molar-refractivity contribution < 1.29 is 9.18 Å². The summed E-state index contributed by atoms with van der Waals surface area (Å²) in [6.07, 6.45) is 0. The maximum Gasteiger partial charge on any atom is 0.242 e. The molecule has 1 aromatic carbocycles. The molecule has 0 aromatic heterocycles. The minimum atomic E-state index is -0.466. The van der Waals surface area contributed by atoms with Gasteiger partial charge in [-0.3, -0.25) is 4.79 Å². The smallest absolute Gasteiger partial charge is 0.242 e. The molecule has 0 radical (unpaired) electrons. The SMILES string of the molecule is CC(C)NC(=O)C(C)Nc1c(Cl)cc(F)cc1Br. The first kappa shape index (κ1) is 15.2. The third-order valence-corrected chi connectivity index (χ3v) is 3.12. The molecule has 1 atom stereocenters. The van der Waals surface area contributed by atoms with Crippen molar-refractivity contribution in [1.82, 2.24) is 5.32 Å². The highest BCUT2D eigenvalue weighted by Crippen LogP contribution is 2.32. The van der Waals surface area contributed by atoms with E-state index >= 15 is 0 Å². The van der Waals surface area contributed by atoms with Crippen LogP contribution in [0.4, 0.5) is 10.1 Å². The summed E-state index contributed by atoms with van der Waals surface area (Å²) in [6.45, 7) is 5.47. The summed E-state index contributed by atoms with van der Waals surface area (Å²) in [5.74, 6) is -0.575. The lowest BCUT2D eigenvalue weighted by atomic mass is 10.2. The summed E-state index contributed by atoms with van der Waals surface area (Å²) in [7, 11) is 0. The number of rotatable bonds is 4. The van der Waals surface area contributed by atoms with Crippen LogP contribution in [0.2, 0.25) is 5.02 Å². The molecule has 0 spiro atoms. The van der Waals surface area contributed by atoms with E-state index < -0.39 is 11.9 Å². The molecule has 3 nitrogen and oxygen atoms in total. The first-order valence-electron chi connectivity index (χ1n) is 5.52. The second-order valence-corrected chi connectivity index (χ2v) is 5.54. The van der Waals surface area contributed by atoms with Gasteiger partial charge in [-0.25, -0.2) is 4.39 Å². The van der Waals surface area contributed by atoms with Crippen LogP contribution in [-0.2, 0) is 4.79 Å². The quantitative estimate of drug-likeness (QED) is 0.882. The van der Waals surface area contributed by atoms with E-state index in [2.05, 4.69) is 26.6 Å². The average molecular weight is 338 g/mol. The van der Waals surface area contributed by atoms with Crippen molar-refractivity contribution >= 4 is 39.1 Å². The average Bonchev–Trinajstić information content (AvgIpc) is 2.21. The van der Waals surface area contributed by atoms with Crippen LogP contribution in [-0.4, -0.2) is 18.0 Å². The number of halogens is 3. The van der Waals surface area contributed by atoms with Gasteiger partial charge in [0, 0.05) is 10.5 Å². The van der Waals surface area contributed by atoms with Crippen molar-refractivity contribution in [2.24, 2.45) is 0 Å². The zero-order valence-corrected chi connectivity index (χ0v) is 12.7. The number of benzene rings is 1. The van der Waals surface area contributed by atoms with Crippen LogP contribution in [0.1, 0.15) is 20.8 Å². The summed E-state index contributed by atoms with van der Waals surface area (Å²) in [5, 5.41) is 5.96. The van der Waals surface area contributed by atoms with Gasteiger partial charge >= 0.3 is 0 Å². The highest BCUT2D eigenvalue weighted by molar-refractivity contribution is 9.10. The van der Waals surface area contributed by atoms with Gasteiger partial charge in [0.25, 0.3) is 0 Å². The molecule has 0 aliphatic heterocycles. The Morgan fingerprint density at radius 2 is 2.00 bits per heavy atom. The number of carbonyl (C=O) groups is 1. The molecule has 100 valence electrons. The van der Waals surface area contributed by atoms with Crippen LogP contribution < -0.4 is 10.6 Å². The third-order valence-electron chi connectivity index (χ3n) is 2.19. The van der Waals surface area contributed by atoms with E-state index in [9.17, 15) is 9.18 Å². The molecule has 0 fully saturated rings. The maximum atomic E-state index is 13.1. The first-order valence-corrected chi connectivity index (χ1v) is 6.69. The largest absolute Gasteiger partial charge is 0.372 e. The topological polar surface area (TPSA) is 41.1 Å². The lowest BCUT2D eigenvalue weighted by Gasteiger charge is -2.18. The monoisotopic (exact) mass is 336 g/mol. The van der Waals surface area contributed by atoms with Gasteiger partial charge in [-0.1, -0.05) is 11.6 Å². The Kier molecular flexibility index (Phi) is 5.41. The van der Waals surface area contributed by atoms with Gasteiger partial charge in [-0.05, 0) is 48.8 Å². The summed E-state index contributed by atoms with van der Waals surface area (Å²) in [5.41, 5.74) is 0.504. The van der Waals surface area contributed by atoms with Crippen LogP contribution in [0.5, 0.6) is 0 Å². The second kappa shape index (κ2) is 6.38. The van der Waals surface area contributed by atoms with E-state index in [0.717, 1.165) is 0 Å². The number of carbonyl (C=O) groups excluding carboxylic acids is 1. The van der Waals surface area contributed by atoms with Crippen molar-refractivity contribution in [3.05, 3.63) is 27.4 Å². The van der Waals surface area contributed by atoms with Crippen molar-refractivity contribution in [3.8, 4) is 0 Å². The van der Waals surface area contributed by atoms with Gasteiger partial charge in [0.05, 0.1) is 10.7 Å². The zero-order chi connectivity index (χ0) is 13.9. The molecule has 1 rings (SSSR count). The molecular formula is C12H15BrClFN2O. The van der Waals surface area contributed by atoms with Gasteiger partial charge < -0.3 is 10.6 Å². The number of hydrogen-bond acceptors (Lipinski definition) is 2. The molecular weight excluding hydrogens is 322 g/mol. The number of nitrogens with one attached hydrogen (secondary N) is 2. The van der Waals surface area contributed by atoms with Crippen LogP contribution in [0.3, 0.4) is 0 Å². The maximum absolute atomic E-state index is 13.1. The lowest BCUT2D eigenvalue weighted by molar-refractivity contribution is -0.122. The number of amides is 1. The molecule has 0 aliphatic rings. The van der Waals surface area contributed by atoms with E-state index in [0.29, 0.717) is 10.2 Å². The van der Waals surface area contributed by atoms with Crippen LogP contribution >= 0.6 is 27.5 Å². The normalized spacial score (nSPS) is 12.4. The molecule has 1 amide bonds. The van der Waals surface area contributed by atoms with Gasteiger partial charge in [0.1, 0.15) is 11.9 Å². The summed E-state index contributed by atoms with van der Waals surface area (Å²) in [6, 6.07) is 2.09. The fourth-order valence-corrected chi connectivity index (χ4v) is 2.29. The van der Waals surface area contributed by atoms with E-state index in [-0.39, 0.29) is 17.0 Å². The Morgan fingerprint density at radius 1 is 1.39 bits per heavy atom. The van der Waals surface area contributed by atoms with Crippen LogP contribution in [0, 0.1) is 5.82 Å². The standard InChI is InChI=1S/C12H15BrClFN2O/c1-6(2)16-12(18)7(3)17-11-9(13)4-8(15)5-10(11)14/h4-7,17H,1-3H3,(H,16,18). The first-order chi connectivity index (χ1) is 8.31. The van der Waals surface area contributed by atoms with Crippen molar-refractivity contribution in [2.45, 2.75) is 32.9 Å². The van der Waals surface area contributed by atoms with Gasteiger partial charge in [-0.15, -0.1) is 0 Å². The van der Waals surface area contributed by atoms with E-state index in [1.807, 2.05) is 13.8 Å². The molecule has 6 heteroatoms. The fraction of sp³-hybridized carbons (Fsp3) is 0.417. The van der Waals surface area contributed by atoms with E-state index in [4.69, 9.17) is 11.6 Å². The lowest BCUT2D eigenvalue weighted by Crippen LogP contribution is -2.41. The van der Waals surface area contributed by atoms with E-state index in [1.165, 1.54) is 12.1 Å². The van der Waals surface area contributed by atoms with Crippen LogP contribution in [0.15, 0.2) is 16.6 Å². The zero-order valence-electron chi connectivity index (χ0n) is 10.4. The van der Waals surface area contributed by atoms with Crippen molar-refractivity contribution in [2.75, 3.05) is 5.32 Å². The number of anilines is 1. The van der Waals surface area contributed by atoms with Gasteiger partial charge in [0.2, 0.25) is 5.91 Å². The highest BCUT2D eigenvalue weighted by atomic mass is 79.9. The molecule has 0 saturated carbocycles. The summed E-state index contributed by atoms with van der Waals surface area (Å²) in [4.78, 5) is 11.7. The van der Waals surface area contributed by atoms with Crippen molar-refractivity contribution in [1.29, 1.82) is 0 Å². The second-order valence-electron chi connectivity index (χ2n) is 4.27. The Balaban J connectivity index is 2.82. The predicted molar refractivity (Wildman–Crippen MR) is 75.5 cm³/mol.